The van der Waals surface area contributed by atoms with Crippen molar-refractivity contribution in [3.8, 4) is 11.3 Å². The molecule has 1 saturated carbocycles. The lowest BCUT2D eigenvalue weighted by Gasteiger charge is -2.20. The van der Waals surface area contributed by atoms with Crippen molar-refractivity contribution in [3.05, 3.63) is 54.0 Å². The minimum Gasteiger partial charge on any atom is -0.309 e. The summed E-state index contributed by atoms with van der Waals surface area (Å²) < 4.78 is 54.0. The number of rotatable bonds is 4. The van der Waals surface area contributed by atoms with E-state index < -0.39 is 17.6 Å². The number of hydrogen-bond acceptors (Lipinski definition) is 2. The molecule has 0 spiro atoms. The standard InChI is InChI=1S/C22H21F4N3O/c23-17-10-11-18-27-21(28-19(30)12-14-4-2-1-3-5-14)20(29(18)13-17)15-6-8-16(9-7-15)22(24,25)26/h6-11,13-14H,1-5,12H2,(H,28,30). The summed E-state index contributed by atoms with van der Waals surface area (Å²) in [6, 6.07) is 7.22. The van der Waals surface area contributed by atoms with Gasteiger partial charge >= 0.3 is 6.18 Å². The molecule has 158 valence electrons. The molecule has 30 heavy (non-hydrogen) atoms. The number of alkyl halides is 3. The molecule has 1 aromatic carbocycles. The molecular formula is C22H21F4N3O. The van der Waals surface area contributed by atoms with E-state index in [2.05, 4.69) is 10.3 Å². The second kappa shape index (κ2) is 8.08. The zero-order valence-corrected chi connectivity index (χ0v) is 16.2. The number of benzene rings is 1. The van der Waals surface area contributed by atoms with Gasteiger partial charge in [-0.15, -0.1) is 0 Å². The SMILES string of the molecule is O=C(CC1CCCCC1)Nc1nc2ccc(F)cn2c1-c1ccc(C(F)(F)F)cc1. The maximum atomic E-state index is 13.8. The molecule has 4 rings (SSSR count). The van der Waals surface area contributed by atoms with Crippen LogP contribution in [0.3, 0.4) is 0 Å². The van der Waals surface area contributed by atoms with Crippen LogP contribution in [0, 0.1) is 11.7 Å². The van der Waals surface area contributed by atoms with Crippen LogP contribution < -0.4 is 5.32 Å². The lowest BCUT2D eigenvalue weighted by atomic mass is 9.87. The second-order valence-corrected chi connectivity index (χ2v) is 7.72. The summed E-state index contributed by atoms with van der Waals surface area (Å²) in [6.07, 6.45) is 2.55. The topological polar surface area (TPSA) is 46.4 Å². The van der Waals surface area contributed by atoms with Gasteiger partial charge in [0, 0.05) is 18.2 Å². The number of nitrogens with zero attached hydrogens (tertiary/aromatic N) is 2. The van der Waals surface area contributed by atoms with Gasteiger partial charge in [-0.3, -0.25) is 9.20 Å². The monoisotopic (exact) mass is 419 g/mol. The number of amides is 1. The van der Waals surface area contributed by atoms with Crippen molar-refractivity contribution in [2.45, 2.75) is 44.7 Å². The fraction of sp³-hybridized carbons (Fsp3) is 0.364. The predicted molar refractivity (Wildman–Crippen MR) is 105 cm³/mol. The van der Waals surface area contributed by atoms with Crippen molar-refractivity contribution in [2.75, 3.05) is 5.32 Å². The molecule has 1 aliphatic rings. The summed E-state index contributed by atoms with van der Waals surface area (Å²) >= 11 is 0. The smallest absolute Gasteiger partial charge is 0.309 e. The third-order valence-corrected chi connectivity index (χ3v) is 5.52. The molecule has 2 aromatic heterocycles. The van der Waals surface area contributed by atoms with Crippen LogP contribution in [0.5, 0.6) is 0 Å². The quantitative estimate of drug-likeness (QED) is 0.522. The largest absolute Gasteiger partial charge is 0.416 e. The third-order valence-electron chi connectivity index (χ3n) is 5.52. The molecule has 2 heterocycles. The number of carbonyl (C=O) groups is 1. The van der Waals surface area contributed by atoms with Crippen molar-refractivity contribution < 1.29 is 22.4 Å². The number of nitrogens with one attached hydrogen (secondary N) is 1. The fourth-order valence-corrected chi connectivity index (χ4v) is 4.04. The number of imidazole rings is 1. The molecule has 1 amide bonds. The third kappa shape index (κ3) is 4.32. The van der Waals surface area contributed by atoms with Crippen LogP contribution in [0.15, 0.2) is 42.6 Å². The van der Waals surface area contributed by atoms with Gasteiger partial charge in [-0.1, -0.05) is 31.4 Å². The Kier molecular flexibility index (Phi) is 5.49. The van der Waals surface area contributed by atoms with Gasteiger partial charge in [0.2, 0.25) is 5.91 Å². The highest BCUT2D eigenvalue weighted by Gasteiger charge is 2.30. The first-order chi connectivity index (χ1) is 14.3. The van der Waals surface area contributed by atoms with Gasteiger partial charge in [0.1, 0.15) is 11.5 Å². The van der Waals surface area contributed by atoms with Gasteiger partial charge in [0.05, 0.1) is 11.3 Å². The number of anilines is 1. The average molecular weight is 419 g/mol. The molecule has 8 heteroatoms. The summed E-state index contributed by atoms with van der Waals surface area (Å²) in [6.45, 7) is 0. The normalized spacial score (nSPS) is 15.5. The number of pyridine rings is 1. The van der Waals surface area contributed by atoms with Crippen molar-refractivity contribution in [3.63, 3.8) is 0 Å². The van der Waals surface area contributed by atoms with Crippen LogP contribution in [0.25, 0.3) is 16.9 Å². The molecule has 0 bridgehead atoms. The number of halogens is 4. The van der Waals surface area contributed by atoms with Crippen molar-refractivity contribution >= 4 is 17.4 Å². The van der Waals surface area contributed by atoms with Crippen LogP contribution in [-0.4, -0.2) is 15.3 Å². The van der Waals surface area contributed by atoms with Crippen molar-refractivity contribution in [1.82, 2.24) is 9.38 Å². The molecule has 0 unspecified atom stereocenters. The van der Waals surface area contributed by atoms with Gasteiger partial charge in [0.25, 0.3) is 0 Å². The molecule has 0 atom stereocenters. The first kappa shape index (κ1) is 20.4. The van der Waals surface area contributed by atoms with Crippen LogP contribution in [0.2, 0.25) is 0 Å². The molecule has 1 fully saturated rings. The Bertz CT molecular complexity index is 1050. The molecule has 1 aliphatic carbocycles. The van der Waals surface area contributed by atoms with E-state index in [4.69, 9.17) is 0 Å². The Labute approximate surface area is 170 Å². The minimum atomic E-state index is -4.46. The molecule has 1 N–H and O–H groups in total. The Morgan fingerprint density at radius 2 is 1.77 bits per heavy atom. The number of hydrogen-bond donors (Lipinski definition) is 1. The van der Waals surface area contributed by atoms with Crippen LogP contribution in [0.1, 0.15) is 44.1 Å². The zero-order valence-electron chi connectivity index (χ0n) is 16.2. The summed E-state index contributed by atoms with van der Waals surface area (Å²) in [4.78, 5) is 17.0. The molecule has 3 aromatic rings. The average Bonchev–Trinajstić information content (AvgIpc) is 3.05. The van der Waals surface area contributed by atoms with Crippen LogP contribution in [0.4, 0.5) is 23.4 Å². The van der Waals surface area contributed by atoms with Crippen molar-refractivity contribution in [2.24, 2.45) is 5.92 Å². The Morgan fingerprint density at radius 3 is 2.43 bits per heavy atom. The maximum absolute atomic E-state index is 13.8. The van der Waals surface area contributed by atoms with E-state index in [-0.39, 0.29) is 11.7 Å². The van der Waals surface area contributed by atoms with E-state index >= 15 is 0 Å². The van der Waals surface area contributed by atoms with E-state index in [0.717, 1.165) is 37.8 Å². The number of fused-ring (bicyclic) bond motifs is 1. The zero-order chi connectivity index (χ0) is 21.3. The van der Waals surface area contributed by atoms with Crippen LogP contribution in [-0.2, 0) is 11.0 Å². The van der Waals surface area contributed by atoms with Gasteiger partial charge in [0.15, 0.2) is 5.82 Å². The molecular weight excluding hydrogens is 398 g/mol. The molecule has 0 radical (unpaired) electrons. The van der Waals surface area contributed by atoms with Gasteiger partial charge in [-0.05, 0) is 43.0 Å². The highest BCUT2D eigenvalue weighted by molar-refractivity contribution is 5.94. The lowest BCUT2D eigenvalue weighted by Crippen LogP contribution is -2.18. The molecule has 0 saturated heterocycles. The Hall–Kier alpha value is -2.90. The van der Waals surface area contributed by atoms with Crippen molar-refractivity contribution in [1.29, 1.82) is 0 Å². The van der Waals surface area contributed by atoms with Crippen LogP contribution >= 0.6 is 0 Å². The van der Waals surface area contributed by atoms with Gasteiger partial charge in [-0.25, -0.2) is 9.37 Å². The summed E-state index contributed by atoms with van der Waals surface area (Å²) in [5.41, 5.74) is 0.345. The summed E-state index contributed by atoms with van der Waals surface area (Å²) in [7, 11) is 0. The molecule has 0 aliphatic heterocycles. The lowest BCUT2D eigenvalue weighted by molar-refractivity contribution is -0.137. The maximum Gasteiger partial charge on any atom is 0.416 e. The summed E-state index contributed by atoms with van der Waals surface area (Å²) in [5.74, 6) is -0.184. The first-order valence-corrected chi connectivity index (χ1v) is 9.96. The Balaban J connectivity index is 1.68. The first-order valence-electron chi connectivity index (χ1n) is 9.96. The summed E-state index contributed by atoms with van der Waals surface area (Å²) in [5, 5.41) is 2.79. The fourth-order valence-electron chi connectivity index (χ4n) is 4.04. The van der Waals surface area contributed by atoms with E-state index in [9.17, 15) is 22.4 Å². The number of carbonyl (C=O) groups excluding carboxylic acids is 1. The Morgan fingerprint density at radius 1 is 1.07 bits per heavy atom. The highest BCUT2D eigenvalue weighted by atomic mass is 19.4. The van der Waals surface area contributed by atoms with E-state index in [1.165, 1.54) is 41.3 Å². The predicted octanol–water partition coefficient (Wildman–Crippen LogP) is 6.07. The number of aromatic nitrogens is 2. The minimum absolute atomic E-state index is 0.195. The van der Waals surface area contributed by atoms with Gasteiger partial charge in [-0.2, -0.15) is 13.2 Å². The highest BCUT2D eigenvalue weighted by Crippen LogP contribution is 2.34. The van der Waals surface area contributed by atoms with E-state index in [1.54, 1.807) is 0 Å². The van der Waals surface area contributed by atoms with E-state index in [1.807, 2.05) is 0 Å². The van der Waals surface area contributed by atoms with E-state index in [0.29, 0.717) is 29.2 Å². The second-order valence-electron chi connectivity index (χ2n) is 7.72. The molecule has 4 nitrogen and oxygen atoms in total. The van der Waals surface area contributed by atoms with Gasteiger partial charge < -0.3 is 5.32 Å².